The molecule has 0 atom stereocenters. The number of nitrogens with zero attached hydrogens (tertiary/aromatic N) is 2. The molecule has 2 heterocycles. The Bertz CT molecular complexity index is 1060. The van der Waals surface area contributed by atoms with Crippen molar-refractivity contribution in [3.63, 3.8) is 0 Å². The molecule has 3 aliphatic rings. The topological polar surface area (TPSA) is 51.2 Å². The Morgan fingerprint density at radius 3 is 1.97 bits per heavy atom. The summed E-state index contributed by atoms with van der Waals surface area (Å²) < 4.78 is 18.7. The third-order valence-electron chi connectivity index (χ3n) is 7.76. The van der Waals surface area contributed by atoms with Gasteiger partial charge in [-0.3, -0.25) is 4.79 Å². The summed E-state index contributed by atoms with van der Waals surface area (Å²) in [5.74, 6) is 2.22. The molecular weight excluding hydrogens is 464 g/mol. The molecule has 6 nitrogen and oxygen atoms in total. The van der Waals surface area contributed by atoms with Crippen molar-refractivity contribution in [1.29, 1.82) is 0 Å². The molecular formula is C31H42N2O4. The van der Waals surface area contributed by atoms with Crippen LogP contribution in [-0.2, 0) is 0 Å². The molecule has 5 rings (SSSR count). The summed E-state index contributed by atoms with van der Waals surface area (Å²) in [7, 11) is 0. The minimum absolute atomic E-state index is 0.0235. The minimum atomic E-state index is 0.0235. The van der Waals surface area contributed by atoms with E-state index in [2.05, 4.69) is 16.7 Å². The van der Waals surface area contributed by atoms with Gasteiger partial charge in [-0.05, 0) is 83.3 Å². The van der Waals surface area contributed by atoms with Crippen molar-refractivity contribution in [1.82, 2.24) is 9.80 Å². The SMILES string of the molecule is CCCCOc1cc(OCCCN2CCCC2)cc2c1-c1c(OCCCN3CCCC3)cccc1C2=O. The van der Waals surface area contributed by atoms with Crippen LogP contribution in [-0.4, -0.2) is 74.7 Å². The van der Waals surface area contributed by atoms with E-state index in [1.54, 1.807) is 0 Å². The summed E-state index contributed by atoms with van der Waals surface area (Å²) in [5.41, 5.74) is 3.08. The first-order valence-electron chi connectivity index (χ1n) is 14.4. The Kier molecular flexibility index (Phi) is 9.01. The van der Waals surface area contributed by atoms with Gasteiger partial charge >= 0.3 is 0 Å². The predicted octanol–water partition coefficient (Wildman–Crippen LogP) is 5.81. The van der Waals surface area contributed by atoms with E-state index >= 15 is 0 Å². The lowest BCUT2D eigenvalue weighted by molar-refractivity contribution is 0.104. The van der Waals surface area contributed by atoms with E-state index in [0.29, 0.717) is 36.7 Å². The summed E-state index contributed by atoms with van der Waals surface area (Å²) >= 11 is 0. The molecule has 0 aromatic heterocycles. The van der Waals surface area contributed by atoms with Gasteiger partial charge in [-0.15, -0.1) is 0 Å². The molecule has 1 aliphatic carbocycles. The maximum atomic E-state index is 13.5. The van der Waals surface area contributed by atoms with Gasteiger partial charge in [0, 0.05) is 41.4 Å². The molecule has 0 radical (unpaired) electrons. The Morgan fingerprint density at radius 1 is 0.703 bits per heavy atom. The zero-order chi connectivity index (χ0) is 25.5. The quantitative estimate of drug-likeness (QED) is 0.257. The van der Waals surface area contributed by atoms with Crippen LogP contribution in [0.2, 0.25) is 0 Å². The van der Waals surface area contributed by atoms with Crippen molar-refractivity contribution >= 4 is 5.78 Å². The van der Waals surface area contributed by atoms with Gasteiger partial charge in [0.25, 0.3) is 0 Å². The van der Waals surface area contributed by atoms with Crippen molar-refractivity contribution in [2.24, 2.45) is 0 Å². The van der Waals surface area contributed by atoms with Gasteiger partial charge < -0.3 is 24.0 Å². The molecule has 2 fully saturated rings. The number of fused-ring (bicyclic) bond motifs is 3. The molecule has 2 aromatic rings. The second-order valence-electron chi connectivity index (χ2n) is 10.6. The van der Waals surface area contributed by atoms with Gasteiger partial charge in [0.2, 0.25) is 0 Å². The van der Waals surface area contributed by atoms with Crippen LogP contribution < -0.4 is 14.2 Å². The van der Waals surface area contributed by atoms with E-state index in [1.165, 1.54) is 51.9 Å². The van der Waals surface area contributed by atoms with Crippen LogP contribution in [0.25, 0.3) is 11.1 Å². The predicted molar refractivity (Wildman–Crippen MR) is 147 cm³/mol. The number of carbonyl (C=O) groups is 1. The van der Waals surface area contributed by atoms with Gasteiger partial charge in [0.15, 0.2) is 5.78 Å². The zero-order valence-corrected chi connectivity index (χ0v) is 22.4. The van der Waals surface area contributed by atoms with E-state index in [4.69, 9.17) is 14.2 Å². The summed E-state index contributed by atoms with van der Waals surface area (Å²) in [4.78, 5) is 18.5. The highest BCUT2D eigenvalue weighted by atomic mass is 16.5. The van der Waals surface area contributed by atoms with Crippen molar-refractivity contribution in [2.45, 2.75) is 58.3 Å². The van der Waals surface area contributed by atoms with Crippen molar-refractivity contribution in [2.75, 3.05) is 59.1 Å². The Balaban J connectivity index is 1.32. The Labute approximate surface area is 221 Å². The van der Waals surface area contributed by atoms with Gasteiger partial charge in [0.05, 0.1) is 19.8 Å². The van der Waals surface area contributed by atoms with E-state index in [9.17, 15) is 4.79 Å². The summed E-state index contributed by atoms with van der Waals surface area (Å²) in [6.07, 6.45) is 9.18. The molecule has 6 heteroatoms. The number of hydrogen-bond donors (Lipinski definition) is 0. The van der Waals surface area contributed by atoms with Crippen molar-refractivity contribution < 1.29 is 19.0 Å². The maximum absolute atomic E-state index is 13.5. The second-order valence-corrected chi connectivity index (χ2v) is 10.6. The van der Waals surface area contributed by atoms with Crippen LogP contribution in [0.5, 0.6) is 17.2 Å². The molecule has 2 aliphatic heterocycles. The van der Waals surface area contributed by atoms with Crippen LogP contribution in [0.1, 0.15) is 74.2 Å². The molecule has 0 saturated carbocycles. The number of ether oxygens (including phenoxy) is 3. The Hall–Kier alpha value is -2.57. The third-order valence-corrected chi connectivity index (χ3v) is 7.76. The number of benzene rings is 2. The van der Waals surface area contributed by atoms with Crippen molar-refractivity contribution in [3.8, 4) is 28.4 Å². The van der Waals surface area contributed by atoms with Gasteiger partial charge in [0.1, 0.15) is 17.2 Å². The highest BCUT2D eigenvalue weighted by Gasteiger charge is 2.33. The molecule has 0 amide bonds. The van der Waals surface area contributed by atoms with E-state index < -0.39 is 0 Å². The van der Waals surface area contributed by atoms with E-state index in [0.717, 1.165) is 61.4 Å². The minimum Gasteiger partial charge on any atom is -0.493 e. The summed E-state index contributed by atoms with van der Waals surface area (Å²) in [6, 6.07) is 9.68. The molecule has 0 unspecified atom stereocenters. The zero-order valence-electron chi connectivity index (χ0n) is 22.4. The average molecular weight is 507 g/mol. The molecule has 2 saturated heterocycles. The number of unbranched alkanes of at least 4 members (excludes halogenated alkanes) is 1. The molecule has 37 heavy (non-hydrogen) atoms. The Morgan fingerprint density at radius 2 is 1.30 bits per heavy atom. The van der Waals surface area contributed by atoms with E-state index in [1.807, 2.05) is 30.3 Å². The number of carbonyl (C=O) groups excluding carboxylic acids is 1. The standard InChI is InChI=1S/C31H42N2O4/c1-2-3-19-37-28-23-24(35-20-9-17-32-13-4-5-14-32)22-26-30(28)29-25(31(26)34)11-8-12-27(29)36-21-10-18-33-15-6-7-16-33/h8,11-12,22-23H,2-7,9-10,13-21H2,1H3. The fourth-order valence-corrected chi connectivity index (χ4v) is 5.76. The highest BCUT2D eigenvalue weighted by molar-refractivity contribution is 6.23. The monoisotopic (exact) mass is 506 g/mol. The van der Waals surface area contributed by atoms with Crippen LogP contribution >= 0.6 is 0 Å². The smallest absolute Gasteiger partial charge is 0.194 e. The van der Waals surface area contributed by atoms with Gasteiger partial charge in [-0.2, -0.15) is 0 Å². The fourth-order valence-electron chi connectivity index (χ4n) is 5.76. The fraction of sp³-hybridized carbons (Fsp3) is 0.581. The van der Waals surface area contributed by atoms with Gasteiger partial charge in [-0.25, -0.2) is 0 Å². The molecule has 2 aromatic carbocycles. The van der Waals surface area contributed by atoms with Gasteiger partial charge in [-0.1, -0.05) is 25.5 Å². The number of rotatable bonds is 14. The molecule has 200 valence electrons. The van der Waals surface area contributed by atoms with Crippen LogP contribution in [0.4, 0.5) is 0 Å². The van der Waals surface area contributed by atoms with Crippen molar-refractivity contribution in [3.05, 3.63) is 41.5 Å². The normalized spacial score (nSPS) is 17.3. The maximum Gasteiger partial charge on any atom is 0.194 e. The largest absolute Gasteiger partial charge is 0.493 e. The lowest BCUT2D eigenvalue weighted by atomic mass is 10.0. The first-order valence-corrected chi connectivity index (χ1v) is 14.4. The van der Waals surface area contributed by atoms with E-state index in [-0.39, 0.29) is 5.78 Å². The van der Waals surface area contributed by atoms with Crippen LogP contribution in [0.15, 0.2) is 30.3 Å². The van der Waals surface area contributed by atoms with Crippen LogP contribution in [0, 0.1) is 0 Å². The number of hydrogen-bond acceptors (Lipinski definition) is 6. The number of ketones is 1. The average Bonchev–Trinajstić information content (AvgIpc) is 3.68. The summed E-state index contributed by atoms with van der Waals surface area (Å²) in [6.45, 7) is 11.0. The first-order chi connectivity index (χ1) is 18.2. The van der Waals surface area contributed by atoms with Crippen LogP contribution in [0.3, 0.4) is 0 Å². The lowest BCUT2D eigenvalue weighted by Crippen LogP contribution is -2.22. The second kappa shape index (κ2) is 12.8. The molecule has 0 bridgehead atoms. The molecule has 0 N–H and O–H groups in total. The summed E-state index contributed by atoms with van der Waals surface area (Å²) in [5, 5.41) is 0. The first kappa shape index (κ1) is 26.1. The number of likely N-dealkylation sites (tertiary alicyclic amines) is 2. The lowest BCUT2D eigenvalue weighted by Gasteiger charge is -2.18. The third kappa shape index (κ3) is 6.29. The highest BCUT2D eigenvalue weighted by Crippen LogP contribution is 2.49. The molecule has 0 spiro atoms.